The molecule has 2 N–H and O–H groups in total. The molecule has 9 nitrogen and oxygen atoms in total. The molecule has 0 saturated carbocycles. The Kier molecular flexibility index (Phi) is 9.35. The van der Waals surface area contributed by atoms with Crippen molar-refractivity contribution >= 4 is 38.4 Å². The van der Waals surface area contributed by atoms with E-state index in [-0.39, 0.29) is 29.3 Å². The van der Waals surface area contributed by atoms with Gasteiger partial charge in [0.25, 0.3) is 15.6 Å². The fourth-order valence-electron chi connectivity index (χ4n) is 5.35. The standard InChI is InChI=1S/C33H36N4O5S/c1-2-3-12-30-35-28-20-19-25-21-27(28)33(40)37(30)22-23-15-17-24(18-16-23)26-10-8-9-11-29(26)43(41,42)36-32(39)14-7-5-4-6-13-31(38)34-25/h8-11,15-21H,2-7,12-14,22H2,1H3,(H,34,38)(H,36,39). The molecule has 0 fully saturated rings. The van der Waals surface area contributed by atoms with E-state index in [1.165, 1.54) is 6.07 Å². The summed E-state index contributed by atoms with van der Waals surface area (Å²) in [6.45, 7) is 2.37. The third-order valence-electron chi connectivity index (χ3n) is 7.66. The number of carbonyl (C=O) groups excluding carboxylic acids is 2. The number of nitrogens with zero attached hydrogens (tertiary/aromatic N) is 2. The zero-order valence-corrected chi connectivity index (χ0v) is 25.1. The van der Waals surface area contributed by atoms with Crippen molar-refractivity contribution in [2.45, 2.75) is 76.2 Å². The monoisotopic (exact) mass is 600 g/mol. The highest BCUT2D eigenvalue weighted by Crippen LogP contribution is 2.28. The Labute approximate surface area is 251 Å². The molecule has 2 aliphatic rings. The molecule has 10 heteroatoms. The Hall–Kier alpha value is -4.31. The molecule has 0 spiro atoms. The van der Waals surface area contributed by atoms with Crippen LogP contribution in [0.3, 0.4) is 0 Å². The molecule has 0 unspecified atom stereocenters. The molecule has 2 amide bonds. The predicted molar refractivity (Wildman–Crippen MR) is 167 cm³/mol. The molecule has 3 heterocycles. The number of benzene rings is 3. The van der Waals surface area contributed by atoms with Crippen LogP contribution in [0.15, 0.2) is 76.4 Å². The predicted octanol–water partition coefficient (Wildman–Crippen LogP) is 5.55. The smallest absolute Gasteiger partial charge is 0.264 e. The number of hydrogen-bond acceptors (Lipinski definition) is 6. The lowest BCUT2D eigenvalue weighted by Crippen LogP contribution is -2.30. The molecule has 43 heavy (non-hydrogen) atoms. The van der Waals surface area contributed by atoms with Gasteiger partial charge >= 0.3 is 0 Å². The minimum atomic E-state index is -4.10. The van der Waals surface area contributed by atoms with Gasteiger partial charge in [-0.3, -0.25) is 19.0 Å². The van der Waals surface area contributed by atoms with Gasteiger partial charge in [0.2, 0.25) is 11.8 Å². The lowest BCUT2D eigenvalue weighted by atomic mass is 10.0. The topological polar surface area (TPSA) is 127 Å². The van der Waals surface area contributed by atoms with Gasteiger partial charge in [-0.25, -0.2) is 18.1 Å². The first-order chi connectivity index (χ1) is 20.7. The highest BCUT2D eigenvalue weighted by molar-refractivity contribution is 7.90. The average molecular weight is 601 g/mol. The lowest BCUT2D eigenvalue weighted by molar-refractivity contribution is -0.119. The van der Waals surface area contributed by atoms with E-state index < -0.39 is 15.9 Å². The van der Waals surface area contributed by atoms with Crippen LogP contribution >= 0.6 is 0 Å². The largest absolute Gasteiger partial charge is 0.326 e. The Balaban J connectivity index is 1.57. The van der Waals surface area contributed by atoms with Crippen LogP contribution in [0, 0.1) is 0 Å². The van der Waals surface area contributed by atoms with Gasteiger partial charge in [0, 0.05) is 30.5 Å². The number of aromatic nitrogens is 2. The van der Waals surface area contributed by atoms with Crippen LogP contribution in [0.1, 0.15) is 69.7 Å². The molecule has 1 aromatic heterocycles. The molecule has 0 aliphatic carbocycles. The number of rotatable bonds is 3. The molecular formula is C33H36N4O5S. The summed E-state index contributed by atoms with van der Waals surface area (Å²) in [5.41, 5.74) is 2.95. The zero-order valence-electron chi connectivity index (χ0n) is 24.3. The first kappa shape index (κ1) is 30.2. The third-order valence-corrected chi connectivity index (χ3v) is 9.09. The van der Waals surface area contributed by atoms with Gasteiger partial charge in [0.05, 0.1) is 22.3 Å². The van der Waals surface area contributed by atoms with E-state index >= 15 is 0 Å². The second-order valence-electron chi connectivity index (χ2n) is 10.9. The number of nitrogens with one attached hydrogen (secondary N) is 2. The summed E-state index contributed by atoms with van der Waals surface area (Å²) in [6.07, 6.45) is 5.39. The summed E-state index contributed by atoms with van der Waals surface area (Å²) >= 11 is 0. The summed E-state index contributed by atoms with van der Waals surface area (Å²) in [5.74, 6) is -0.0255. The normalized spacial score (nSPS) is 16.1. The van der Waals surface area contributed by atoms with Crippen LogP contribution in [0.2, 0.25) is 0 Å². The summed E-state index contributed by atoms with van der Waals surface area (Å²) in [4.78, 5) is 43.8. The van der Waals surface area contributed by atoms with E-state index in [1.54, 1.807) is 41.0 Å². The molecule has 5 bridgehead atoms. The number of hydrogen-bond donors (Lipinski definition) is 2. The van der Waals surface area contributed by atoms with Gasteiger partial charge < -0.3 is 5.32 Å². The van der Waals surface area contributed by atoms with Crippen LogP contribution < -0.4 is 15.6 Å². The second-order valence-corrected chi connectivity index (χ2v) is 12.6. The van der Waals surface area contributed by atoms with Crippen LogP contribution in [0.4, 0.5) is 5.69 Å². The highest BCUT2D eigenvalue weighted by atomic mass is 32.2. The number of anilines is 1. The van der Waals surface area contributed by atoms with Crippen molar-refractivity contribution in [3.05, 3.63) is 88.5 Å². The van der Waals surface area contributed by atoms with Crippen LogP contribution in [0.5, 0.6) is 0 Å². The summed E-state index contributed by atoms with van der Waals surface area (Å²) in [5, 5.41) is 3.33. The Morgan fingerprint density at radius 1 is 0.860 bits per heavy atom. The van der Waals surface area contributed by atoms with E-state index in [0.29, 0.717) is 65.6 Å². The first-order valence-electron chi connectivity index (χ1n) is 14.8. The summed E-state index contributed by atoms with van der Waals surface area (Å²) < 4.78 is 30.3. The fraction of sp³-hybridized carbons (Fsp3) is 0.333. The van der Waals surface area contributed by atoms with Gasteiger partial charge in [-0.05, 0) is 54.7 Å². The quantitative estimate of drug-likeness (QED) is 0.317. The highest BCUT2D eigenvalue weighted by Gasteiger charge is 2.22. The van der Waals surface area contributed by atoms with E-state index in [9.17, 15) is 22.8 Å². The van der Waals surface area contributed by atoms with Crippen molar-refractivity contribution < 1.29 is 18.0 Å². The maximum Gasteiger partial charge on any atom is 0.264 e. The second kappa shape index (κ2) is 13.3. The van der Waals surface area contributed by atoms with Gasteiger partial charge in [-0.1, -0.05) is 68.7 Å². The molecule has 0 saturated heterocycles. The number of sulfonamides is 1. The van der Waals surface area contributed by atoms with Crippen molar-refractivity contribution in [2.24, 2.45) is 0 Å². The maximum absolute atomic E-state index is 13.8. The maximum atomic E-state index is 13.8. The molecule has 224 valence electrons. The van der Waals surface area contributed by atoms with E-state index in [0.717, 1.165) is 24.8 Å². The van der Waals surface area contributed by atoms with E-state index in [2.05, 4.69) is 17.0 Å². The van der Waals surface area contributed by atoms with Crippen molar-refractivity contribution in [1.29, 1.82) is 0 Å². The van der Waals surface area contributed by atoms with Crippen molar-refractivity contribution in [2.75, 3.05) is 5.32 Å². The van der Waals surface area contributed by atoms with E-state index in [1.807, 2.05) is 24.3 Å². The fourth-order valence-corrected chi connectivity index (χ4v) is 6.59. The van der Waals surface area contributed by atoms with Crippen molar-refractivity contribution in [3.8, 4) is 11.1 Å². The average Bonchev–Trinajstić information content (AvgIpc) is 2.99. The number of fused-ring (bicyclic) bond motifs is 12. The molecule has 4 aromatic rings. The molecule has 2 aliphatic heterocycles. The number of amides is 2. The van der Waals surface area contributed by atoms with Gasteiger partial charge in [0.1, 0.15) is 5.82 Å². The van der Waals surface area contributed by atoms with Crippen LogP contribution in [-0.2, 0) is 32.6 Å². The van der Waals surface area contributed by atoms with Crippen LogP contribution in [0.25, 0.3) is 22.0 Å². The Morgan fingerprint density at radius 2 is 1.58 bits per heavy atom. The summed E-state index contributed by atoms with van der Waals surface area (Å²) in [7, 11) is -4.10. The number of carbonyl (C=O) groups is 2. The minimum Gasteiger partial charge on any atom is -0.326 e. The Morgan fingerprint density at radius 3 is 2.33 bits per heavy atom. The molecule has 0 atom stereocenters. The summed E-state index contributed by atoms with van der Waals surface area (Å²) in [6, 6.07) is 19.2. The van der Waals surface area contributed by atoms with Crippen molar-refractivity contribution in [3.63, 3.8) is 0 Å². The van der Waals surface area contributed by atoms with Crippen LogP contribution in [-0.4, -0.2) is 29.8 Å². The van der Waals surface area contributed by atoms with Gasteiger partial charge in [0.15, 0.2) is 0 Å². The molecule has 3 aromatic carbocycles. The minimum absolute atomic E-state index is 0.0214. The molecular weight excluding hydrogens is 564 g/mol. The Bertz CT molecular complexity index is 1810. The van der Waals surface area contributed by atoms with E-state index in [4.69, 9.17) is 4.98 Å². The molecule has 0 radical (unpaired) electrons. The lowest BCUT2D eigenvalue weighted by Gasteiger charge is -2.15. The van der Waals surface area contributed by atoms with Gasteiger partial charge in [-0.2, -0.15) is 0 Å². The van der Waals surface area contributed by atoms with Crippen molar-refractivity contribution in [1.82, 2.24) is 14.3 Å². The first-order valence-corrected chi connectivity index (χ1v) is 16.3. The molecule has 6 rings (SSSR count). The van der Waals surface area contributed by atoms with Gasteiger partial charge in [-0.15, -0.1) is 0 Å². The number of unbranched alkanes of at least 4 members (excludes halogenated alkanes) is 1. The third kappa shape index (κ3) is 7.19. The zero-order chi connectivity index (χ0) is 30.4. The SMILES string of the molecule is CCCCc1nc2ccc3cc2c(=O)n1Cc1ccc(cc1)-c1ccccc1S(=O)(=O)NC(=O)CCCCCCC(=O)N3. The number of aryl methyl sites for hydroxylation is 1.